The van der Waals surface area contributed by atoms with Crippen molar-refractivity contribution in [3.05, 3.63) is 23.9 Å². The summed E-state index contributed by atoms with van der Waals surface area (Å²) in [7, 11) is 0. The highest BCUT2D eigenvalue weighted by molar-refractivity contribution is 5.20. The highest BCUT2D eigenvalue weighted by Gasteiger charge is 1.95. The predicted octanol–water partition coefficient (Wildman–Crippen LogP) is 3.49. The molecule has 1 heteroatoms. The van der Waals surface area contributed by atoms with E-state index in [2.05, 4.69) is 31.3 Å². The van der Waals surface area contributed by atoms with Crippen LogP contribution in [0.2, 0.25) is 0 Å². The summed E-state index contributed by atoms with van der Waals surface area (Å²) in [6.45, 7) is 12.2. The van der Waals surface area contributed by atoms with Gasteiger partial charge in [-0.25, -0.2) is 0 Å². The van der Waals surface area contributed by atoms with Gasteiger partial charge in [0.1, 0.15) is 0 Å². The molecule has 0 bridgehead atoms. The molecule has 1 atom stereocenters. The van der Waals surface area contributed by atoms with Gasteiger partial charge in [-0.2, -0.15) is 0 Å². The molecule has 0 fully saturated rings. The van der Waals surface area contributed by atoms with E-state index in [0.717, 1.165) is 0 Å². The third-order valence-corrected chi connectivity index (χ3v) is 1.22. The highest BCUT2D eigenvalue weighted by Crippen LogP contribution is 2.00. The van der Waals surface area contributed by atoms with Crippen molar-refractivity contribution in [1.29, 1.82) is 0 Å². The summed E-state index contributed by atoms with van der Waals surface area (Å²) in [5, 5.41) is 3.18. The lowest BCUT2D eigenvalue weighted by atomic mass is 10.2. The normalized spacial score (nSPS) is 18.8. The first-order valence-corrected chi connectivity index (χ1v) is 4.90. The zero-order chi connectivity index (χ0) is 9.98. The molecule has 1 rings (SSSR count). The lowest BCUT2D eigenvalue weighted by Crippen LogP contribution is -2.20. The largest absolute Gasteiger partial charge is 0.385 e. The molecule has 1 unspecified atom stereocenters. The van der Waals surface area contributed by atoms with Crippen LogP contribution in [0.3, 0.4) is 0 Å². The number of dihydropyridines is 1. The standard InChI is InChI=1S/C7H11N.2C2H6/c1-6-3-4-7(2)8-5-6;2*1-2/h3-5,7-8H,1-2H3;2*1-2H3. The highest BCUT2D eigenvalue weighted by atomic mass is 14.9. The SMILES string of the molecule is CC.CC.CC1=CNC(C)C=C1. The second-order valence-electron chi connectivity index (χ2n) is 2.20. The molecule has 0 aliphatic carbocycles. The number of rotatable bonds is 0. The van der Waals surface area contributed by atoms with Crippen molar-refractivity contribution in [2.24, 2.45) is 0 Å². The van der Waals surface area contributed by atoms with E-state index in [1.807, 2.05) is 33.9 Å². The molecule has 1 nitrogen and oxygen atoms in total. The van der Waals surface area contributed by atoms with Gasteiger partial charge in [-0.05, 0) is 25.6 Å². The lowest BCUT2D eigenvalue weighted by Gasteiger charge is -2.10. The van der Waals surface area contributed by atoms with Gasteiger partial charge in [-0.1, -0.05) is 39.8 Å². The van der Waals surface area contributed by atoms with Crippen LogP contribution in [0.25, 0.3) is 0 Å². The molecule has 0 aromatic heterocycles. The Morgan fingerprint density at radius 2 is 1.67 bits per heavy atom. The van der Waals surface area contributed by atoms with Crippen LogP contribution in [0.5, 0.6) is 0 Å². The van der Waals surface area contributed by atoms with Gasteiger partial charge in [0.25, 0.3) is 0 Å². The van der Waals surface area contributed by atoms with Crippen molar-refractivity contribution in [3.8, 4) is 0 Å². The molecule has 0 aromatic rings. The average Bonchev–Trinajstić information content (AvgIpc) is 2.17. The van der Waals surface area contributed by atoms with Crippen molar-refractivity contribution in [2.75, 3.05) is 0 Å². The van der Waals surface area contributed by atoms with E-state index in [0.29, 0.717) is 6.04 Å². The van der Waals surface area contributed by atoms with Gasteiger partial charge in [-0.15, -0.1) is 0 Å². The van der Waals surface area contributed by atoms with Crippen molar-refractivity contribution in [2.45, 2.75) is 47.6 Å². The third-order valence-electron chi connectivity index (χ3n) is 1.22. The van der Waals surface area contributed by atoms with E-state index in [4.69, 9.17) is 0 Å². The van der Waals surface area contributed by atoms with Crippen molar-refractivity contribution < 1.29 is 0 Å². The molecule has 1 aliphatic heterocycles. The van der Waals surface area contributed by atoms with Crippen LogP contribution in [-0.4, -0.2) is 6.04 Å². The van der Waals surface area contributed by atoms with Crippen molar-refractivity contribution >= 4 is 0 Å². The molecule has 72 valence electrons. The second-order valence-corrected chi connectivity index (χ2v) is 2.20. The first kappa shape index (κ1) is 13.8. The summed E-state index contributed by atoms with van der Waals surface area (Å²) in [6, 6.07) is 0.513. The fourth-order valence-corrected chi connectivity index (χ4v) is 0.663. The van der Waals surface area contributed by atoms with Crippen molar-refractivity contribution in [1.82, 2.24) is 5.32 Å². The maximum atomic E-state index is 3.18. The molecule has 12 heavy (non-hydrogen) atoms. The number of allylic oxidation sites excluding steroid dienone is 2. The summed E-state index contributed by atoms with van der Waals surface area (Å²) in [4.78, 5) is 0. The minimum absolute atomic E-state index is 0.513. The van der Waals surface area contributed by atoms with Crippen LogP contribution < -0.4 is 5.32 Å². The maximum Gasteiger partial charge on any atom is 0.0413 e. The molecular weight excluding hydrogens is 146 g/mol. The molecule has 1 N–H and O–H groups in total. The summed E-state index contributed by atoms with van der Waals surface area (Å²) in [5.41, 5.74) is 1.29. The van der Waals surface area contributed by atoms with Crippen LogP contribution >= 0.6 is 0 Å². The molecule has 0 aromatic carbocycles. The van der Waals surface area contributed by atoms with Gasteiger partial charge in [0.05, 0.1) is 0 Å². The smallest absolute Gasteiger partial charge is 0.0413 e. The van der Waals surface area contributed by atoms with E-state index < -0.39 is 0 Å². The Bertz CT molecular complexity index is 134. The van der Waals surface area contributed by atoms with Gasteiger partial charge >= 0.3 is 0 Å². The minimum atomic E-state index is 0.513. The van der Waals surface area contributed by atoms with E-state index in [1.165, 1.54) is 5.57 Å². The third kappa shape index (κ3) is 7.39. The minimum Gasteiger partial charge on any atom is -0.385 e. The summed E-state index contributed by atoms with van der Waals surface area (Å²) >= 11 is 0. The van der Waals surface area contributed by atoms with Crippen LogP contribution in [0.15, 0.2) is 23.9 Å². The summed E-state index contributed by atoms with van der Waals surface area (Å²) in [6.07, 6.45) is 6.31. The predicted molar refractivity (Wildman–Crippen MR) is 58.2 cm³/mol. The molecule has 0 saturated carbocycles. The van der Waals surface area contributed by atoms with E-state index >= 15 is 0 Å². The Morgan fingerprint density at radius 3 is 1.92 bits per heavy atom. The Hall–Kier alpha value is -0.720. The summed E-state index contributed by atoms with van der Waals surface area (Å²) in [5.74, 6) is 0. The van der Waals surface area contributed by atoms with Crippen LogP contribution in [0, 0.1) is 0 Å². The van der Waals surface area contributed by atoms with E-state index in [1.54, 1.807) is 0 Å². The first-order valence-electron chi connectivity index (χ1n) is 4.90. The molecular formula is C11H23N. The molecule has 1 aliphatic rings. The van der Waals surface area contributed by atoms with Gasteiger partial charge in [-0.3, -0.25) is 0 Å². The second kappa shape index (κ2) is 10.3. The summed E-state index contributed by atoms with van der Waals surface area (Å²) < 4.78 is 0. The molecule has 0 saturated heterocycles. The fraction of sp³-hybridized carbons (Fsp3) is 0.636. The van der Waals surface area contributed by atoms with Gasteiger partial charge in [0, 0.05) is 6.04 Å². The van der Waals surface area contributed by atoms with Gasteiger partial charge in [0.15, 0.2) is 0 Å². The fourth-order valence-electron chi connectivity index (χ4n) is 0.663. The molecule has 1 heterocycles. The Labute approximate surface area is 77.6 Å². The quantitative estimate of drug-likeness (QED) is 0.585. The molecule has 0 amide bonds. The van der Waals surface area contributed by atoms with Crippen LogP contribution in [0.1, 0.15) is 41.5 Å². The Kier molecular flexibility index (Phi) is 11.9. The topological polar surface area (TPSA) is 12.0 Å². The number of hydrogen-bond acceptors (Lipinski definition) is 1. The maximum absolute atomic E-state index is 3.18. The van der Waals surface area contributed by atoms with E-state index in [-0.39, 0.29) is 0 Å². The van der Waals surface area contributed by atoms with Gasteiger partial charge in [0.2, 0.25) is 0 Å². The van der Waals surface area contributed by atoms with E-state index in [9.17, 15) is 0 Å². The molecule has 0 radical (unpaired) electrons. The Balaban J connectivity index is 0. The average molecular weight is 169 g/mol. The number of nitrogens with one attached hydrogen (secondary N) is 1. The first-order chi connectivity index (χ1) is 5.79. The van der Waals surface area contributed by atoms with Gasteiger partial charge < -0.3 is 5.32 Å². The Morgan fingerprint density at radius 1 is 1.17 bits per heavy atom. The lowest BCUT2D eigenvalue weighted by molar-refractivity contribution is 0.753. The van der Waals surface area contributed by atoms with Crippen LogP contribution in [-0.2, 0) is 0 Å². The van der Waals surface area contributed by atoms with Crippen LogP contribution in [0.4, 0.5) is 0 Å². The number of hydrogen-bond donors (Lipinski definition) is 1. The zero-order valence-electron chi connectivity index (χ0n) is 9.31. The molecule has 0 spiro atoms. The zero-order valence-corrected chi connectivity index (χ0v) is 9.31. The van der Waals surface area contributed by atoms with Crippen molar-refractivity contribution in [3.63, 3.8) is 0 Å². The monoisotopic (exact) mass is 169 g/mol.